The number of hydrogen-bond acceptors (Lipinski definition) is 3. The lowest BCUT2D eigenvalue weighted by molar-refractivity contribution is 0.397. The maximum atomic E-state index is 6.10. The number of benzene rings is 1. The average molecular weight is 297 g/mol. The summed E-state index contributed by atoms with van der Waals surface area (Å²) < 4.78 is 5.01. The van der Waals surface area contributed by atoms with Crippen LogP contribution in [0.15, 0.2) is 36.5 Å². The summed E-state index contributed by atoms with van der Waals surface area (Å²) in [5.74, 6) is 0.615. The topological polar surface area (TPSA) is 34.1 Å². The van der Waals surface area contributed by atoms with Gasteiger partial charge in [0.15, 0.2) is 0 Å². The van der Waals surface area contributed by atoms with E-state index in [0.717, 1.165) is 17.7 Å². The van der Waals surface area contributed by atoms with E-state index in [2.05, 4.69) is 10.3 Å². The van der Waals surface area contributed by atoms with Crippen molar-refractivity contribution < 1.29 is 4.74 Å². The minimum Gasteiger partial charge on any atom is -0.481 e. The fourth-order valence-corrected chi connectivity index (χ4v) is 2.12. The number of nitrogens with zero attached hydrogens (tertiary/aromatic N) is 1. The smallest absolute Gasteiger partial charge is 0.212 e. The fraction of sp³-hybridized carbons (Fsp3) is 0.214. The van der Waals surface area contributed by atoms with Crippen LogP contribution in [0.1, 0.15) is 11.1 Å². The summed E-state index contributed by atoms with van der Waals surface area (Å²) in [6.45, 7) is 1.40. The second-order valence-electron chi connectivity index (χ2n) is 4.05. The summed E-state index contributed by atoms with van der Waals surface area (Å²) in [5, 5.41) is 4.63. The van der Waals surface area contributed by atoms with Gasteiger partial charge in [0.2, 0.25) is 5.88 Å². The van der Waals surface area contributed by atoms with Crippen LogP contribution in [0.2, 0.25) is 10.0 Å². The lowest BCUT2D eigenvalue weighted by atomic mass is 10.2. The normalized spacial score (nSPS) is 10.5. The molecule has 0 saturated carbocycles. The zero-order valence-electron chi connectivity index (χ0n) is 10.5. The summed E-state index contributed by atoms with van der Waals surface area (Å²) in [6, 6.07) is 9.31. The number of ether oxygens (including phenoxy) is 1. The number of pyridine rings is 1. The van der Waals surface area contributed by atoms with E-state index in [1.54, 1.807) is 19.4 Å². The van der Waals surface area contributed by atoms with Crippen LogP contribution in [-0.4, -0.2) is 12.1 Å². The zero-order chi connectivity index (χ0) is 13.7. The third-order valence-electron chi connectivity index (χ3n) is 2.67. The second kappa shape index (κ2) is 6.75. The van der Waals surface area contributed by atoms with Gasteiger partial charge in [-0.15, -0.1) is 0 Å². The van der Waals surface area contributed by atoms with E-state index in [1.165, 1.54) is 0 Å². The van der Waals surface area contributed by atoms with Gasteiger partial charge in [-0.1, -0.05) is 35.3 Å². The molecule has 0 aliphatic rings. The van der Waals surface area contributed by atoms with Crippen LogP contribution >= 0.6 is 23.2 Å². The molecule has 0 aliphatic heterocycles. The predicted octanol–water partition coefficient (Wildman–Crippen LogP) is 3.69. The van der Waals surface area contributed by atoms with Crippen molar-refractivity contribution in [1.29, 1.82) is 0 Å². The van der Waals surface area contributed by atoms with Crippen molar-refractivity contribution in [3.05, 3.63) is 57.7 Å². The summed E-state index contributed by atoms with van der Waals surface area (Å²) in [4.78, 5) is 4.15. The minimum absolute atomic E-state index is 0.615. The summed E-state index contributed by atoms with van der Waals surface area (Å²) in [5.41, 5.74) is 2.11. The first-order valence-electron chi connectivity index (χ1n) is 5.82. The molecule has 2 rings (SSSR count). The van der Waals surface area contributed by atoms with Crippen molar-refractivity contribution in [3.8, 4) is 5.88 Å². The van der Waals surface area contributed by atoms with Crippen LogP contribution in [0, 0.1) is 0 Å². The van der Waals surface area contributed by atoms with Gasteiger partial charge in [0.25, 0.3) is 0 Å². The highest BCUT2D eigenvalue weighted by Crippen LogP contribution is 2.20. The van der Waals surface area contributed by atoms with Gasteiger partial charge >= 0.3 is 0 Å². The van der Waals surface area contributed by atoms with E-state index in [1.807, 2.05) is 24.3 Å². The quantitative estimate of drug-likeness (QED) is 0.914. The molecule has 1 N–H and O–H groups in total. The van der Waals surface area contributed by atoms with Gasteiger partial charge in [-0.05, 0) is 23.3 Å². The Morgan fingerprint density at radius 3 is 2.63 bits per heavy atom. The first-order valence-corrected chi connectivity index (χ1v) is 6.58. The van der Waals surface area contributed by atoms with Crippen LogP contribution in [-0.2, 0) is 13.1 Å². The predicted molar refractivity (Wildman–Crippen MR) is 77.8 cm³/mol. The van der Waals surface area contributed by atoms with Crippen molar-refractivity contribution in [3.63, 3.8) is 0 Å². The van der Waals surface area contributed by atoms with Gasteiger partial charge in [-0.3, -0.25) is 0 Å². The van der Waals surface area contributed by atoms with Gasteiger partial charge in [0, 0.05) is 35.4 Å². The first-order chi connectivity index (χ1) is 9.19. The molecule has 0 saturated heterocycles. The van der Waals surface area contributed by atoms with Crippen molar-refractivity contribution in [2.75, 3.05) is 7.11 Å². The molecule has 0 radical (unpaired) electrons. The highest BCUT2D eigenvalue weighted by molar-refractivity contribution is 6.35. The molecule has 1 heterocycles. The first kappa shape index (κ1) is 14.1. The Morgan fingerprint density at radius 2 is 2.00 bits per heavy atom. The van der Waals surface area contributed by atoms with Gasteiger partial charge in [-0.25, -0.2) is 4.98 Å². The Morgan fingerprint density at radius 1 is 1.16 bits per heavy atom. The van der Waals surface area contributed by atoms with Crippen LogP contribution in [0.5, 0.6) is 5.88 Å². The third-order valence-corrected chi connectivity index (χ3v) is 3.25. The molecule has 0 fully saturated rings. The SMILES string of the molecule is COc1ccc(CNCc2ccc(Cl)cc2Cl)cn1. The van der Waals surface area contributed by atoms with E-state index in [9.17, 15) is 0 Å². The maximum Gasteiger partial charge on any atom is 0.212 e. The molecule has 0 atom stereocenters. The van der Waals surface area contributed by atoms with Crippen molar-refractivity contribution in [1.82, 2.24) is 10.3 Å². The molecule has 100 valence electrons. The average Bonchev–Trinajstić information content (AvgIpc) is 2.42. The Labute approximate surface area is 122 Å². The lowest BCUT2D eigenvalue weighted by Gasteiger charge is -2.07. The third kappa shape index (κ3) is 4.10. The van der Waals surface area contributed by atoms with E-state index in [4.69, 9.17) is 27.9 Å². The molecule has 0 spiro atoms. The van der Waals surface area contributed by atoms with Crippen molar-refractivity contribution >= 4 is 23.2 Å². The molecule has 0 aliphatic carbocycles. The largest absolute Gasteiger partial charge is 0.481 e. The molecule has 1 aromatic carbocycles. The van der Waals surface area contributed by atoms with Gasteiger partial charge < -0.3 is 10.1 Å². The number of methoxy groups -OCH3 is 1. The Bertz CT molecular complexity index is 544. The monoisotopic (exact) mass is 296 g/mol. The standard InChI is InChI=1S/C14H14Cl2N2O/c1-19-14-5-2-10(8-18-14)7-17-9-11-3-4-12(15)6-13(11)16/h2-6,8,17H,7,9H2,1H3. The minimum atomic E-state index is 0.615. The van der Waals surface area contributed by atoms with Crippen LogP contribution in [0.4, 0.5) is 0 Å². The maximum absolute atomic E-state index is 6.10. The zero-order valence-corrected chi connectivity index (χ0v) is 12.0. The Kier molecular flexibility index (Phi) is 5.02. The van der Waals surface area contributed by atoms with Crippen molar-refractivity contribution in [2.24, 2.45) is 0 Å². The van der Waals surface area contributed by atoms with E-state index >= 15 is 0 Å². The second-order valence-corrected chi connectivity index (χ2v) is 4.89. The molecule has 0 unspecified atom stereocenters. The summed E-state index contributed by atoms with van der Waals surface area (Å²) >= 11 is 11.9. The molecular formula is C14H14Cl2N2O. The number of nitrogens with one attached hydrogen (secondary N) is 1. The number of halogens is 2. The van der Waals surface area contributed by atoms with Gasteiger partial charge in [0.05, 0.1) is 7.11 Å². The lowest BCUT2D eigenvalue weighted by Crippen LogP contribution is -2.13. The van der Waals surface area contributed by atoms with Gasteiger partial charge in [0.1, 0.15) is 0 Å². The van der Waals surface area contributed by atoms with Crippen molar-refractivity contribution in [2.45, 2.75) is 13.1 Å². The van der Waals surface area contributed by atoms with Crippen LogP contribution in [0.3, 0.4) is 0 Å². The molecule has 2 aromatic rings. The Hall–Kier alpha value is -1.29. The Balaban J connectivity index is 1.88. The number of rotatable bonds is 5. The highest BCUT2D eigenvalue weighted by atomic mass is 35.5. The highest BCUT2D eigenvalue weighted by Gasteiger charge is 2.01. The number of hydrogen-bond donors (Lipinski definition) is 1. The van der Waals surface area contributed by atoms with E-state index < -0.39 is 0 Å². The molecule has 5 heteroatoms. The molecule has 3 nitrogen and oxygen atoms in total. The summed E-state index contributed by atoms with van der Waals surface area (Å²) in [6.07, 6.45) is 1.79. The molecule has 1 aromatic heterocycles. The summed E-state index contributed by atoms with van der Waals surface area (Å²) in [7, 11) is 1.60. The molecule has 0 bridgehead atoms. The van der Waals surface area contributed by atoms with E-state index in [0.29, 0.717) is 22.5 Å². The van der Waals surface area contributed by atoms with Gasteiger partial charge in [-0.2, -0.15) is 0 Å². The van der Waals surface area contributed by atoms with E-state index in [-0.39, 0.29) is 0 Å². The van der Waals surface area contributed by atoms with Crippen LogP contribution < -0.4 is 10.1 Å². The molecular weight excluding hydrogens is 283 g/mol. The number of aromatic nitrogens is 1. The fourth-order valence-electron chi connectivity index (χ4n) is 1.64. The van der Waals surface area contributed by atoms with Crippen LogP contribution in [0.25, 0.3) is 0 Å². The molecule has 19 heavy (non-hydrogen) atoms. The molecule has 0 amide bonds.